The molecule has 0 radical (unpaired) electrons. The number of fused-ring (bicyclic) bond motifs is 1. The van der Waals surface area contributed by atoms with Gasteiger partial charge in [0.15, 0.2) is 5.82 Å². The van der Waals surface area contributed by atoms with Crippen molar-refractivity contribution in [2.45, 2.75) is 19.8 Å². The summed E-state index contributed by atoms with van der Waals surface area (Å²) in [5.74, 6) is 1.97. The number of carbonyl (C=O) groups excluding carboxylic acids is 1. The highest BCUT2D eigenvalue weighted by Crippen LogP contribution is 2.18. The molecule has 0 aliphatic carbocycles. The van der Waals surface area contributed by atoms with E-state index in [-0.39, 0.29) is 5.91 Å². The molecule has 28 heavy (non-hydrogen) atoms. The lowest BCUT2D eigenvalue weighted by Crippen LogP contribution is -2.28. The molecule has 0 fully saturated rings. The first-order chi connectivity index (χ1) is 13.6. The van der Waals surface area contributed by atoms with Crippen molar-refractivity contribution in [1.82, 2.24) is 25.0 Å². The number of nitrogens with one attached hydrogen (secondary N) is 1. The minimum Gasteiger partial charge on any atom is -0.342 e. The Labute approximate surface area is 162 Å². The molecular weight excluding hydrogens is 354 g/mol. The second-order valence-corrected chi connectivity index (χ2v) is 6.76. The monoisotopic (exact) mass is 375 g/mol. The van der Waals surface area contributed by atoms with Crippen molar-refractivity contribution in [3.8, 4) is 11.5 Å². The first-order valence-corrected chi connectivity index (χ1v) is 9.20. The van der Waals surface area contributed by atoms with Crippen molar-refractivity contribution in [2.75, 3.05) is 13.6 Å². The van der Waals surface area contributed by atoms with Gasteiger partial charge in [0.1, 0.15) is 5.82 Å². The molecule has 0 bridgehead atoms. The second kappa shape index (κ2) is 7.64. The molecule has 142 valence electrons. The highest BCUT2D eigenvalue weighted by Gasteiger charge is 2.13. The number of carbonyl (C=O) groups is 1. The fourth-order valence-electron chi connectivity index (χ4n) is 3.10. The summed E-state index contributed by atoms with van der Waals surface area (Å²) >= 11 is 0. The SMILES string of the molecule is Cc1noc(-c2ccc(C(=O)N(C)CCCc3nc4ccccc4[nH]3)cc2)n1. The van der Waals surface area contributed by atoms with Crippen LogP contribution in [0.5, 0.6) is 0 Å². The number of para-hydroxylation sites is 2. The molecule has 7 heteroatoms. The van der Waals surface area contributed by atoms with Crippen molar-refractivity contribution >= 4 is 16.9 Å². The van der Waals surface area contributed by atoms with Crippen LogP contribution in [0.25, 0.3) is 22.5 Å². The van der Waals surface area contributed by atoms with E-state index < -0.39 is 0 Å². The lowest BCUT2D eigenvalue weighted by atomic mass is 10.1. The molecule has 7 nitrogen and oxygen atoms in total. The van der Waals surface area contributed by atoms with Crippen LogP contribution in [0.4, 0.5) is 0 Å². The number of hydrogen-bond donors (Lipinski definition) is 1. The lowest BCUT2D eigenvalue weighted by Gasteiger charge is -2.17. The van der Waals surface area contributed by atoms with Gasteiger partial charge in [-0.05, 0) is 49.7 Å². The Morgan fingerprint density at radius 2 is 1.89 bits per heavy atom. The summed E-state index contributed by atoms with van der Waals surface area (Å²) in [5.41, 5.74) is 3.44. The second-order valence-electron chi connectivity index (χ2n) is 6.76. The summed E-state index contributed by atoms with van der Waals surface area (Å²) in [4.78, 5) is 26.4. The molecule has 0 aliphatic heterocycles. The third-order valence-electron chi connectivity index (χ3n) is 4.60. The maximum Gasteiger partial charge on any atom is 0.257 e. The molecule has 2 aromatic carbocycles. The number of aromatic nitrogens is 4. The molecule has 0 aliphatic rings. The maximum absolute atomic E-state index is 12.6. The van der Waals surface area contributed by atoms with Crippen molar-refractivity contribution < 1.29 is 9.32 Å². The molecule has 4 rings (SSSR count). The normalized spacial score (nSPS) is 11.1. The summed E-state index contributed by atoms with van der Waals surface area (Å²) in [6, 6.07) is 15.2. The molecule has 0 unspecified atom stereocenters. The topological polar surface area (TPSA) is 87.9 Å². The van der Waals surface area contributed by atoms with Crippen molar-refractivity contribution in [2.24, 2.45) is 0 Å². The van der Waals surface area contributed by atoms with E-state index in [0.29, 0.717) is 23.8 Å². The van der Waals surface area contributed by atoms with E-state index in [1.165, 1.54) is 0 Å². The number of rotatable bonds is 6. The van der Waals surface area contributed by atoms with Gasteiger partial charge >= 0.3 is 0 Å². The Bertz CT molecular complexity index is 1060. The van der Waals surface area contributed by atoms with Crippen LogP contribution in [0.15, 0.2) is 53.1 Å². The number of nitrogens with zero attached hydrogens (tertiary/aromatic N) is 4. The Morgan fingerprint density at radius 3 is 2.61 bits per heavy atom. The molecule has 4 aromatic rings. The standard InChI is InChI=1S/C21H21N5O2/c1-14-22-20(28-25-14)15-9-11-16(12-10-15)21(27)26(2)13-5-8-19-23-17-6-3-4-7-18(17)24-19/h3-4,6-7,9-12H,5,8,13H2,1-2H3,(H,23,24). The van der Waals surface area contributed by atoms with Crippen LogP contribution in [0, 0.1) is 6.92 Å². The highest BCUT2D eigenvalue weighted by molar-refractivity contribution is 5.94. The Morgan fingerprint density at radius 1 is 1.11 bits per heavy atom. The number of amides is 1. The summed E-state index contributed by atoms with van der Waals surface area (Å²) < 4.78 is 5.15. The molecule has 2 aromatic heterocycles. The van der Waals surface area contributed by atoms with Gasteiger partial charge in [-0.1, -0.05) is 17.3 Å². The molecular formula is C21H21N5O2. The number of aryl methyl sites for hydroxylation is 2. The van der Waals surface area contributed by atoms with Crippen LogP contribution < -0.4 is 0 Å². The largest absolute Gasteiger partial charge is 0.342 e. The van der Waals surface area contributed by atoms with Gasteiger partial charge in [-0.25, -0.2) is 4.98 Å². The first kappa shape index (κ1) is 17.9. The molecule has 2 heterocycles. The van der Waals surface area contributed by atoms with Crippen LogP contribution in [-0.2, 0) is 6.42 Å². The zero-order valence-electron chi connectivity index (χ0n) is 15.8. The van der Waals surface area contributed by atoms with E-state index >= 15 is 0 Å². The maximum atomic E-state index is 12.6. The zero-order valence-corrected chi connectivity index (χ0v) is 15.8. The summed E-state index contributed by atoms with van der Waals surface area (Å²) in [6.45, 7) is 2.42. The molecule has 0 spiro atoms. The Balaban J connectivity index is 1.33. The van der Waals surface area contributed by atoms with Crippen molar-refractivity contribution in [1.29, 1.82) is 0 Å². The molecule has 1 N–H and O–H groups in total. The van der Waals surface area contributed by atoms with Gasteiger partial charge in [0.25, 0.3) is 11.8 Å². The zero-order chi connectivity index (χ0) is 19.5. The highest BCUT2D eigenvalue weighted by atomic mass is 16.5. The molecule has 0 saturated heterocycles. The van der Waals surface area contributed by atoms with Gasteiger partial charge in [-0.15, -0.1) is 0 Å². The van der Waals surface area contributed by atoms with E-state index in [1.807, 2.05) is 43.4 Å². The fourth-order valence-corrected chi connectivity index (χ4v) is 3.10. The van der Waals surface area contributed by atoms with Crippen LogP contribution in [-0.4, -0.2) is 44.5 Å². The van der Waals surface area contributed by atoms with Crippen LogP contribution >= 0.6 is 0 Å². The number of hydrogen-bond acceptors (Lipinski definition) is 5. The van der Waals surface area contributed by atoms with Crippen molar-refractivity contribution in [3.63, 3.8) is 0 Å². The number of H-pyrrole nitrogens is 1. The molecule has 0 saturated carbocycles. The van der Waals surface area contributed by atoms with Crippen LogP contribution in [0.3, 0.4) is 0 Å². The minimum atomic E-state index is -0.0159. The fraction of sp³-hybridized carbons (Fsp3) is 0.238. The Hall–Kier alpha value is -3.48. The minimum absolute atomic E-state index is 0.0159. The number of aromatic amines is 1. The van der Waals surface area contributed by atoms with E-state index in [0.717, 1.165) is 35.3 Å². The summed E-state index contributed by atoms with van der Waals surface area (Å²) in [6.07, 6.45) is 1.63. The van der Waals surface area contributed by atoms with Gasteiger partial charge in [-0.3, -0.25) is 4.79 Å². The van der Waals surface area contributed by atoms with Gasteiger partial charge in [0.2, 0.25) is 0 Å². The van der Waals surface area contributed by atoms with Gasteiger partial charge < -0.3 is 14.4 Å². The van der Waals surface area contributed by atoms with E-state index in [4.69, 9.17) is 4.52 Å². The summed E-state index contributed by atoms with van der Waals surface area (Å²) in [5, 5.41) is 3.78. The third kappa shape index (κ3) is 3.78. The predicted molar refractivity (Wildman–Crippen MR) is 106 cm³/mol. The van der Waals surface area contributed by atoms with E-state index in [9.17, 15) is 4.79 Å². The third-order valence-corrected chi connectivity index (χ3v) is 4.60. The van der Waals surface area contributed by atoms with Crippen molar-refractivity contribution in [3.05, 3.63) is 65.7 Å². The quantitative estimate of drug-likeness (QED) is 0.556. The molecule has 0 atom stereocenters. The number of imidazole rings is 1. The average Bonchev–Trinajstić information content (AvgIpc) is 3.33. The van der Waals surface area contributed by atoms with E-state index in [2.05, 4.69) is 20.1 Å². The lowest BCUT2D eigenvalue weighted by molar-refractivity contribution is 0.0793. The Kier molecular flexibility index (Phi) is 4.89. The van der Waals surface area contributed by atoms with Gasteiger partial charge in [0.05, 0.1) is 11.0 Å². The van der Waals surface area contributed by atoms with E-state index in [1.54, 1.807) is 24.0 Å². The predicted octanol–water partition coefficient (Wildman–Crippen LogP) is 3.63. The smallest absolute Gasteiger partial charge is 0.257 e. The van der Waals surface area contributed by atoms with Crippen LogP contribution in [0.1, 0.15) is 28.4 Å². The number of benzene rings is 2. The first-order valence-electron chi connectivity index (χ1n) is 9.20. The molecule has 1 amide bonds. The average molecular weight is 375 g/mol. The van der Waals surface area contributed by atoms with Gasteiger partial charge in [-0.2, -0.15) is 4.98 Å². The van der Waals surface area contributed by atoms with Gasteiger partial charge in [0, 0.05) is 31.1 Å². The van der Waals surface area contributed by atoms with Crippen LogP contribution in [0.2, 0.25) is 0 Å². The summed E-state index contributed by atoms with van der Waals surface area (Å²) in [7, 11) is 1.82.